The SMILES string of the molecule is CCCNC(Cc1cccnc1)C1(c2ccccc2)CC1. The summed E-state index contributed by atoms with van der Waals surface area (Å²) in [5, 5.41) is 3.79. The van der Waals surface area contributed by atoms with Gasteiger partial charge >= 0.3 is 0 Å². The highest BCUT2D eigenvalue weighted by Gasteiger charge is 2.50. The first-order valence-corrected chi connectivity index (χ1v) is 8.03. The Kier molecular flexibility index (Phi) is 4.35. The first-order chi connectivity index (χ1) is 10.3. The van der Waals surface area contributed by atoms with Gasteiger partial charge in [-0.2, -0.15) is 0 Å². The minimum Gasteiger partial charge on any atom is -0.313 e. The second-order valence-electron chi connectivity index (χ2n) is 6.09. The van der Waals surface area contributed by atoms with Gasteiger partial charge in [-0.05, 0) is 49.4 Å². The smallest absolute Gasteiger partial charge is 0.0300 e. The first kappa shape index (κ1) is 14.3. The van der Waals surface area contributed by atoms with Crippen LogP contribution in [0.1, 0.15) is 37.3 Å². The molecule has 3 rings (SSSR count). The molecule has 21 heavy (non-hydrogen) atoms. The van der Waals surface area contributed by atoms with E-state index in [1.54, 1.807) is 0 Å². The number of hydrogen-bond donors (Lipinski definition) is 1. The van der Waals surface area contributed by atoms with Gasteiger partial charge in [-0.3, -0.25) is 4.98 Å². The molecule has 0 radical (unpaired) electrons. The van der Waals surface area contributed by atoms with E-state index in [4.69, 9.17) is 0 Å². The van der Waals surface area contributed by atoms with Crippen LogP contribution < -0.4 is 5.32 Å². The lowest BCUT2D eigenvalue weighted by Gasteiger charge is -2.29. The summed E-state index contributed by atoms with van der Waals surface area (Å²) in [5.74, 6) is 0. The summed E-state index contributed by atoms with van der Waals surface area (Å²) in [6.07, 6.45) is 8.66. The van der Waals surface area contributed by atoms with Gasteiger partial charge in [0, 0.05) is 23.9 Å². The summed E-state index contributed by atoms with van der Waals surface area (Å²) in [5.41, 5.74) is 3.14. The van der Waals surface area contributed by atoms with Crippen LogP contribution in [0.3, 0.4) is 0 Å². The van der Waals surface area contributed by atoms with Crippen LogP contribution in [0.2, 0.25) is 0 Å². The molecule has 0 bridgehead atoms. The summed E-state index contributed by atoms with van der Waals surface area (Å²) < 4.78 is 0. The number of nitrogens with zero attached hydrogens (tertiary/aromatic N) is 1. The highest BCUT2D eigenvalue weighted by Crippen LogP contribution is 2.51. The molecule has 1 aliphatic carbocycles. The van der Waals surface area contributed by atoms with Gasteiger partial charge in [0.2, 0.25) is 0 Å². The molecule has 1 atom stereocenters. The third-order valence-corrected chi connectivity index (χ3v) is 4.61. The molecule has 1 aliphatic rings. The Morgan fingerprint density at radius 2 is 1.95 bits per heavy atom. The molecule has 0 saturated heterocycles. The number of benzene rings is 1. The van der Waals surface area contributed by atoms with E-state index in [9.17, 15) is 0 Å². The van der Waals surface area contributed by atoms with Crippen molar-refractivity contribution in [2.45, 2.75) is 44.1 Å². The second-order valence-corrected chi connectivity index (χ2v) is 6.09. The van der Waals surface area contributed by atoms with Crippen molar-refractivity contribution in [1.82, 2.24) is 10.3 Å². The fraction of sp³-hybridized carbons (Fsp3) is 0.421. The molecule has 0 spiro atoms. The van der Waals surface area contributed by atoms with Crippen LogP contribution in [0.5, 0.6) is 0 Å². The van der Waals surface area contributed by atoms with Gasteiger partial charge in [-0.1, -0.05) is 43.3 Å². The van der Waals surface area contributed by atoms with Crippen molar-refractivity contribution in [3.05, 3.63) is 66.0 Å². The maximum atomic E-state index is 4.27. The van der Waals surface area contributed by atoms with Gasteiger partial charge in [-0.25, -0.2) is 0 Å². The second kappa shape index (κ2) is 6.40. The minimum absolute atomic E-state index is 0.326. The van der Waals surface area contributed by atoms with Gasteiger partial charge in [0.05, 0.1) is 0 Å². The van der Waals surface area contributed by atoms with Crippen LogP contribution >= 0.6 is 0 Å². The van der Waals surface area contributed by atoms with Crippen molar-refractivity contribution in [2.24, 2.45) is 0 Å². The lowest BCUT2D eigenvalue weighted by molar-refractivity contribution is 0.412. The van der Waals surface area contributed by atoms with Gasteiger partial charge < -0.3 is 5.32 Å². The van der Waals surface area contributed by atoms with Crippen LogP contribution in [0.15, 0.2) is 54.9 Å². The van der Waals surface area contributed by atoms with Crippen molar-refractivity contribution in [3.8, 4) is 0 Å². The van der Waals surface area contributed by atoms with E-state index >= 15 is 0 Å². The summed E-state index contributed by atoms with van der Waals surface area (Å²) in [6, 6.07) is 15.7. The number of hydrogen-bond acceptors (Lipinski definition) is 2. The van der Waals surface area contributed by atoms with Gasteiger partial charge in [-0.15, -0.1) is 0 Å². The van der Waals surface area contributed by atoms with E-state index < -0.39 is 0 Å². The van der Waals surface area contributed by atoms with E-state index in [0.717, 1.165) is 13.0 Å². The molecule has 110 valence electrons. The van der Waals surface area contributed by atoms with Crippen molar-refractivity contribution in [1.29, 1.82) is 0 Å². The molecule has 1 saturated carbocycles. The van der Waals surface area contributed by atoms with Crippen LogP contribution in [0, 0.1) is 0 Å². The Balaban J connectivity index is 1.82. The number of pyridine rings is 1. The molecule has 0 amide bonds. The average Bonchev–Trinajstić information content (AvgIpc) is 3.35. The fourth-order valence-electron chi connectivity index (χ4n) is 3.28. The van der Waals surface area contributed by atoms with Crippen molar-refractivity contribution in [2.75, 3.05) is 6.54 Å². The molecule has 2 aromatic rings. The molecular weight excluding hydrogens is 256 g/mol. The van der Waals surface area contributed by atoms with Crippen LogP contribution in [-0.4, -0.2) is 17.6 Å². The van der Waals surface area contributed by atoms with Gasteiger partial charge in [0.25, 0.3) is 0 Å². The summed E-state index contributed by atoms with van der Waals surface area (Å²) in [6.45, 7) is 3.32. The topological polar surface area (TPSA) is 24.9 Å². The summed E-state index contributed by atoms with van der Waals surface area (Å²) >= 11 is 0. The zero-order valence-corrected chi connectivity index (χ0v) is 12.8. The van der Waals surface area contributed by atoms with Crippen molar-refractivity contribution in [3.63, 3.8) is 0 Å². The molecule has 1 aromatic heterocycles. The Bertz CT molecular complexity index is 546. The predicted molar refractivity (Wildman–Crippen MR) is 87.4 cm³/mol. The van der Waals surface area contributed by atoms with Crippen LogP contribution in [0.25, 0.3) is 0 Å². The van der Waals surface area contributed by atoms with E-state index in [0.29, 0.717) is 11.5 Å². The predicted octanol–water partition coefficient (Wildman–Crippen LogP) is 3.72. The van der Waals surface area contributed by atoms with Crippen LogP contribution in [0.4, 0.5) is 0 Å². The maximum absolute atomic E-state index is 4.27. The monoisotopic (exact) mass is 280 g/mol. The van der Waals surface area contributed by atoms with Crippen molar-refractivity contribution >= 4 is 0 Å². The Labute approximate surface area is 127 Å². The molecular formula is C19H24N2. The molecule has 1 N–H and O–H groups in total. The Morgan fingerprint density at radius 1 is 1.14 bits per heavy atom. The third-order valence-electron chi connectivity index (χ3n) is 4.61. The van der Waals surface area contributed by atoms with Crippen LogP contribution in [-0.2, 0) is 11.8 Å². The van der Waals surface area contributed by atoms with Crippen molar-refractivity contribution < 1.29 is 0 Å². The van der Waals surface area contributed by atoms with E-state index in [1.165, 1.54) is 30.4 Å². The Hall–Kier alpha value is -1.67. The van der Waals surface area contributed by atoms with E-state index in [1.807, 2.05) is 18.5 Å². The molecule has 2 nitrogen and oxygen atoms in total. The zero-order chi connectivity index (χ0) is 14.5. The average molecular weight is 280 g/mol. The van der Waals surface area contributed by atoms with E-state index in [2.05, 4.69) is 53.6 Å². The lowest BCUT2D eigenvalue weighted by atomic mass is 9.84. The standard InChI is InChI=1S/C19H24N2/c1-2-12-21-18(14-16-7-6-13-20-15-16)19(10-11-19)17-8-4-3-5-9-17/h3-9,13,15,18,21H,2,10-12,14H2,1H3. The molecule has 1 unspecified atom stereocenters. The number of rotatable bonds is 7. The summed E-state index contributed by atoms with van der Waals surface area (Å²) in [7, 11) is 0. The molecule has 1 aromatic carbocycles. The van der Waals surface area contributed by atoms with Gasteiger partial charge in [0.15, 0.2) is 0 Å². The first-order valence-electron chi connectivity index (χ1n) is 8.03. The highest BCUT2D eigenvalue weighted by molar-refractivity contribution is 5.35. The Morgan fingerprint density at radius 3 is 2.57 bits per heavy atom. The largest absolute Gasteiger partial charge is 0.313 e. The van der Waals surface area contributed by atoms with Gasteiger partial charge in [0.1, 0.15) is 0 Å². The molecule has 0 aliphatic heterocycles. The zero-order valence-electron chi connectivity index (χ0n) is 12.8. The lowest BCUT2D eigenvalue weighted by Crippen LogP contribution is -2.42. The normalized spacial score (nSPS) is 17.4. The molecule has 1 heterocycles. The maximum Gasteiger partial charge on any atom is 0.0300 e. The third kappa shape index (κ3) is 3.16. The molecule has 2 heteroatoms. The number of nitrogens with one attached hydrogen (secondary N) is 1. The number of aromatic nitrogens is 1. The molecule has 1 fully saturated rings. The van der Waals surface area contributed by atoms with E-state index in [-0.39, 0.29) is 0 Å². The fourth-order valence-corrected chi connectivity index (χ4v) is 3.28. The minimum atomic E-state index is 0.326. The quantitative estimate of drug-likeness (QED) is 0.836. The highest BCUT2D eigenvalue weighted by atomic mass is 14.9. The summed E-state index contributed by atoms with van der Waals surface area (Å²) in [4.78, 5) is 4.27.